The number of benzene rings is 2. The number of hydrogen-bond donors (Lipinski definition) is 1. The Hall–Kier alpha value is -3.08. The number of carbonyl (C=O) groups is 1. The monoisotopic (exact) mass is 319 g/mol. The average Bonchev–Trinajstić information content (AvgIpc) is 3.21. The van der Waals surface area contributed by atoms with Gasteiger partial charge in [0.25, 0.3) is 0 Å². The van der Waals surface area contributed by atoms with E-state index in [1.54, 1.807) is 23.2 Å². The van der Waals surface area contributed by atoms with Crippen LogP contribution in [0.2, 0.25) is 0 Å². The van der Waals surface area contributed by atoms with Gasteiger partial charge in [-0.1, -0.05) is 30.3 Å². The summed E-state index contributed by atoms with van der Waals surface area (Å²) in [5.41, 5.74) is 1.69. The Morgan fingerprint density at radius 1 is 1.21 bits per heavy atom. The Morgan fingerprint density at radius 2 is 2.08 bits per heavy atom. The van der Waals surface area contributed by atoms with E-state index in [9.17, 15) is 4.79 Å². The summed E-state index contributed by atoms with van der Waals surface area (Å²) in [5, 5.41) is 10.3. The standard InChI is InChI=1S/C19H17N3O2/c1-2-22-17(9-10-20-22)21-18(23)11-14-12-24-16-8-7-13-5-3-4-6-15(13)19(14)16/h3-10,12H,2,11H2,1H3,(H,21,23). The summed E-state index contributed by atoms with van der Waals surface area (Å²) in [7, 11) is 0. The molecule has 0 radical (unpaired) electrons. The van der Waals surface area contributed by atoms with Crippen molar-refractivity contribution < 1.29 is 9.21 Å². The van der Waals surface area contributed by atoms with E-state index in [0.717, 1.165) is 27.3 Å². The summed E-state index contributed by atoms with van der Waals surface area (Å²) in [4.78, 5) is 12.4. The van der Waals surface area contributed by atoms with Crippen LogP contribution in [0.5, 0.6) is 0 Å². The molecule has 0 aliphatic heterocycles. The summed E-state index contributed by atoms with van der Waals surface area (Å²) in [6.07, 6.45) is 3.61. The van der Waals surface area contributed by atoms with E-state index >= 15 is 0 Å². The van der Waals surface area contributed by atoms with E-state index in [1.165, 1.54) is 0 Å². The van der Waals surface area contributed by atoms with Gasteiger partial charge in [-0.15, -0.1) is 0 Å². The highest BCUT2D eigenvalue weighted by atomic mass is 16.3. The Bertz CT molecular complexity index is 1030. The van der Waals surface area contributed by atoms with Crippen LogP contribution in [0.1, 0.15) is 12.5 Å². The largest absolute Gasteiger partial charge is 0.464 e. The van der Waals surface area contributed by atoms with E-state index in [-0.39, 0.29) is 12.3 Å². The predicted octanol–water partition coefficient (Wildman–Crippen LogP) is 3.98. The van der Waals surface area contributed by atoms with Gasteiger partial charge in [-0.2, -0.15) is 5.10 Å². The molecule has 2 aromatic heterocycles. The van der Waals surface area contributed by atoms with Crippen molar-refractivity contribution in [3.63, 3.8) is 0 Å². The number of hydrogen-bond acceptors (Lipinski definition) is 3. The maximum atomic E-state index is 12.4. The highest BCUT2D eigenvalue weighted by Gasteiger charge is 2.14. The second-order valence-corrected chi connectivity index (χ2v) is 5.68. The second kappa shape index (κ2) is 5.85. The van der Waals surface area contributed by atoms with Crippen LogP contribution in [0, 0.1) is 0 Å². The van der Waals surface area contributed by atoms with Gasteiger partial charge in [0.1, 0.15) is 11.4 Å². The molecule has 0 bridgehead atoms. The molecule has 1 N–H and O–H groups in total. The lowest BCUT2D eigenvalue weighted by Gasteiger charge is -2.07. The summed E-state index contributed by atoms with van der Waals surface area (Å²) >= 11 is 0. The number of nitrogens with one attached hydrogen (secondary N) is 1. The first kappa shape index (κ1) is 14.5. The van der Waals surface area contributed by atoms with Crippen LogP contribution in [0.15, 0.2) is 59.3 Å². The molecule has 5 heteroatoms. The molecule has 5 nitrogen and oxygen atoms in total. The second-order valence-electron chi connectivity index (χ2n) is 5.68. The molecule has 0 unspecified atom stereocenters. The van der Waals surface area contributed by atoms with Crippen LogP contribution in [0.3, 0.4) is 0 Å². The van der Waals surface area contributed by atoms with Gasteiger partial charge in [-0.05, 0) is 23.8 Å². The zero-order valence-electron chi connectivity index (χ0n) is 13.3. The van der Waals surface area contributed by atoms with Crippen molar-refractivity contribution in [2.24, 2.45) is 0 Å². The highest BCUT2D eigenvalue weighted by Crippen LogP contribution is 2.30. The van der Waals surface area contributed by atoms with Gasteiger partial charge in [0, 0.05) is 23.6 Å². The van der Waals surface area contributed by atoms with Crippen molar-refractivity contribution >= 4 is 33.5 Å². The van der Waals surface area contributed by atoms with E-state index < -0.39 is 0 Å². The third kappa shape index (κ3) is 2.44. The van der Waals surface area contributed by atoms with Crippen molar-refractivity contribution in [3.8, 4) is 0 Å². The van der Waals surface area contributed by atoms with Crippen molar-refractivity contribution in [1.82, 2.24) is 9.78 Å². The molecule has 0 aliphatic rings. The molecule has 2 heterocycles. The van der Waals surface area contributed by atoms with Crippen molar-refractivity contribution in [2.75, 3.05) is 5.32 Å². The molecule has 4 rings (SSSR count). The first-order chi connectivity index (χ1) is 11.8. The number of anilines is 1. The number of fused-ring (bicyclic) bond motifs is 3. The summed E-state index contributed by atoms with van der Waals surface area (Å²) in [5.74, 6) is 0.626. The minimum absolute atomic E-state index is 0.0826. The fourth-order valence-electron chi connectivity index (χ4n) is 3.06. The minimum Gasteiger partial charge on any atom is -0.464 e. The lowest BCUT2D eigenvalue weighted by Crippen LogP contribution is -2.17. The normalized spacial score (nSPS) is 11.2. The number of nitrogens with zero attached hydrogens (tertiary/aromatic N) is 2. The molecular weight excluding hydrogens is 302 g/mol. The van der Waals surface area contributed by atoms with Gasteiger partial charge in [0.15, 0.2) is 0 Å². The zero-order chi connectivity index (χ0) is 16.5. The van der Waals surface area contributed by atoms with Gasteiger partial charge < -0.3 is 9.73 Å². The Balaban J connectivity index is 1.67. The maximum absolute atomic E-state index is 12.4. The lowest BCUT2D eigenvalue weighted by molar-refractivity contribution is -0.115. The molecule has 1 amide bonds. The number of rotatable bonds is 4. The third-order valence-corrected chi connectivity index (χ3v) is 4.17. The number of carbonyl (C=O) groups excluding carboxylic acids is 1. The molecule has 0 fully saturated rings. The summed E-state index contributed by atoms with van der Waals surface area (Å²) in [6.45, 7) is 2.69. The van der Waals surface area contributed by atoms with Crippen LogP contribution in [-0.4, -0.2) is 15.7 Å². The first-order valence-electron chi connectivity index (χ1n) is 7.95. The fraction of sp³-hybridized carbons (Fsp3) is 0.158. The van der Waals surface area contributed by atoms with E-state index in [4.69, 9.17) is 4.42 Å². The average molecular weight is 319 g/mol. The maximum Gasteiger partial charge on any atom is 0.230 e. The van der Waals surface area contributed by atoms with Crippen LogP contribution < -0.4 is 5.32 Å². The molecule has 0 aliphatic carbocycles. The van der Waals surface area contributed by atoms with Gasteiger partial charge in [0.2, 0.25) is 5.91 Å². The third-order valence-electron chi connectivity index (χ3n) is 4.17. The van der Waals surface area contributed by atoms with Crippen molar-refractivity contribution in [3.05, 3.63) is 60.5 Å². The molecule has 0 saturated carbocycles. The summed E-state index contributed by atoms with van der Waals surface area (Å²) < 4.78 is 7.39. The molecule has 4 aromatic rings. The van der Waals surface area contributed by atoms with Gasteiger partial charge in [-0.3, -0.25) is 4.79 Å². The lowest BCUT2D eigenvalue weighted by atomic mass is 10.0. The number of amides is 1. The molecule has 0 atom stereocenters. The topological polar surface area (TPSA) is 60.1 Å². The smallest absolute Gasteiger partial charge is 0.230 e. The van der Waals surface area contributed by atoms with Gasteiger partial charge in [-0.25, -0.2) is 4.68 Å². The summed E-state index contributed by atoms with van der Waals surface area (Å²) in [6, 6.07) is 13.9. The number of furan rings is 1. The Labute approximate surface area is 138 Å². The fourth-order valence-corrected chi connectivity index (χ4v) is 3.06. The van der Waals surface area contributed by atoms with Crippen LogP contribution in [-0.2, 0) is 17.8 Å². The minimum atomic E-state index is -0.0826. The Morgan fingerprint density at radius 3 is 2.96 bits per heavy atom. The van der Waals surface area contributed by atoms with Crippen LogP contribution in [0.25, 0.3) is 21.7 Å². The molecule has 2 aromatic carbocycles. The van der Waals surface area contributed by atoms with E-state index in [1.807, 2.05) is 31.2 Å². The Kier molecular flexibility index (Phi) is 3.54. The van der Waals surface area contributed by atoms with Gasteiger partial charge in [0.05, 0.1) is 18.9 Å². The van der Waals surface area contributed by atoms with E-state index in [2.05, 4.69) is 22.5 Å². The molecule has 24 heavy (non-hydrogen) atoms. The number of aryl methyl sites for hydroxylation is 1. The van der Waals surface area contributed by atoms with E-state index in [0.29, 0.717) is 12.4 Å². The first-order valence-corrected chi connectivity index (χ1v) is 7.95. The quantitative estimate of drug-likeness (QED) is 0.619. The highest BCUT2D eigenvalue weighted by molar-refractivity contribution is 6.08. The molecule has 0 spiro atoms. The SMILES string of the molecule is CCn1nccc1NC(=O)Cc1coc2ccc3ccccc3c12. The zero-order valence-corrected chi connectivity index (χ0v) is 13.3. The molecule has 0 saturated heterocycles. The molecule has 120 valence electrons. The number of aromatic nitrogens is 2. The van der Waals surface area contributed by atoms with Gasteiger partial charge >= 0.3 is 0 Å². The van der Waals surface area contributed by atoms with Crippen LogP contribution >= 0.6 is 0 Å². The van der Waals surface area contributed by atoms with Crippen molar-refractivity contribution in [2.45, 2.75) is 19.9 Å². The predicted molar refractivity (Wildman–Crippen MR) is 94.0 cm³/mol. The van der Waals surface area contributed by atoms with Crippen molar-refractivity contribution in [1.29, 1.82) is 0 Å². The van der Waals surface area contributed by atoms with Crippen LogP contribution in [0.4, 0.5) is 5.82 Å². The molecular formula is C19H17N3O2.